The first-order chi connectivity index (χ1) is 10.2. The van der Waals surface area contributed by atoms with E-state index in [1.165, 1.54) is 21.9 Å². The average Bonchev–Trinajstić information content (AvgIpc) is 3.16. The second-order valence-electron chi connectivity index (χ2n) is 5.11. The molecule has 3 rings (SSSR count). The van der Waals surface area contributed by atoms with E-state index in [1.54, 1.807) is 16.5 Å². The fourth-order valence-corrected chi connectivity index (χ4v) is 3.21. The number of rotatable bonds is 4. The van der Waals surface area contributed by atoms with Gasteiger partial charge in [-0.05, 0) is 13.3 Å². The highest BCUT2D eigenvalue weighted by Crippen LogP contribution is 2.15. The van der Waals surface area contributed by atoms with Gasteiger partial charge in [-0.1, -0.05) is 0 Å². The Kier molecular flexibility index (Phi) is 4.03. The van der Waals surface area contributed by atoms with Gasteiger partial charge in [-0.3, -0.25) is 14.0 Å². The summed E-state index contributed by atoms with van der Waals surface area (Å²) < 4.78 is 6.77. The Balaban J connectivity index is 1.87. The molecule has 1 atom stereocenters. The molecule has 2 aromatic rings. The summed E-state index contributed by atoms with van der Waals surface area (Å²) in [6.07, 6.45) is 4.00. The van der Waals surface area contributed by atoms with Crippen LogP contribution >= 0.6 is 11.3 Å². The SMILES string of the molecule is CCN(C[C@@H]1CCOC1)C(=O)c1cnc2sccn2c1=O. The van der Waals surface area contributed by atoms with Crippen LogP contribution in [0.3, 0.4) is 0 Å². The summed E-state index contributed by atoms with van der Waals surface area (Å²) in [7, 11) is 0. The predicted octanol–water partition coefficient (Wildman–Crippen LogP) is 1.25. The van der Waals surface area contributed by atoms with Crippen molar-refractivity contribution < 1.29 is 9.53 Å². The summed E-state index contributed by atoms with van der Waals surface area (Å²) in [6.45, 7) is 4.55. The van der Waals surface area contributed by atoms with Gasteiger partial charge in [0.05, 0.1) is 6.61 Å². The Morgan fingerprint density at radius 2 is 2.48 bits per heavy atom. The summed E-state index contributed by atoms with van der Waals surface area (Å²) in [6, 6.07) is 0. The molecule has 0 spiro atoms. The van der Waals surface area contributed by atoms with E-state index in [4.69, 9.17) is 4.74 Å². The van der Waals surface area contributed by atoms with Crippen LogP contribution in [-0.2, 0) is 4.74 Å². The second-order valence-corrected chi connectivity index (χ2v) is 5.98. The highest BCUT2D eigenvalue weighted by molar-refractivity contribution is 7.15. The van der Waals surface area contributed by atoms with Crippen molar-refractivity contribution >= 4 is 22.2 Å². The number of fused-ring (bicyclic) bond motifs is 1. The summed E-state index contributed by atoms with van der Waals surface area (Å²) in [4.78, 5) is 31.4. The molecule has 1 amide bonds. The van der Waals surface area contributed by atoms with Gasteiger partial charge < -0.3 is 9.64 Å². The second kappa shape index (κ2) is 5.95. The van der Waals surface area contributed by atoms with Crippen LogP contribution < -0.4 is 5.56 Å². The lowest BCUT2D eigenvalue weighted by molar-refractivity contribution is 0.0728. The molecule has 7 heteroatoms. The van der Waals surface area contributed by atoms with Crippen LogP contribution in [0, 0.1) is 5.92 Å². The van der Waals surface area contributed by atoms with Crippen molar-refractivity contribution in [3.05, 3.63) is 33.7 Å². The van der Waals surface area contributed by atoms with Crippen LogP contribution in [0.4, 0.5) is 0 Å². The number of carbonyl (C=O) groups excluding carboxylic acids is 1. The van der Waals surface area contributed by atoms with Gasteiger partial charge >= 0.3 is 0 Å². The first kappa shape index (κ1) is 14.2. The highest BCUT2D eigenvalue weighted by Gasteiger charge is 2.24. The molecule has 21 heavy (non-hydrogen) atoms. The molecule has 1 aliphatic heterocycles. The molecular formula is C14H17N3O3S. The van der Waals surface area contributed by atoms with E-state index >= 15 is 0 Å². The van der Waals surface area contributed by atoms with E-state index < -0.39 is 0 Å². The van der Waals surface area contributed by atoms with E-state index in [-0.39, 0.29) is 17.0 Å². The summed E-state index contributed by atoms with van der Waals surface area (Å²) in [5.41, 5.74) is -0.168. The van der Waals surface area contributed by atoms with Crippen molar-refractivity contribution in [3.63, 3.8) is 0 Å². The minimum absolute atomic E-state index is 0.131. The van der Waals surface area contributed by atoms with E-state index in [0.29, 0.717) is 30.6 Å². The number of hydrogen-bond donors (Lipinski definition) is 0. The quantitative estimate of drug-likeness (QED) is 0.853. The molecule has 0 N–H and O–H groups in total. The standard InChI is InChI=1S/C14H17N3O3S/c1-2-16(8-10-3-5-20-9-10)12(18)11-7-15-14-17(13(11)19)4-6-21-14/h4,6-7,10H,2-3,5,8-9H2,1H3/t10-/m0/s1. The maximum Gasteiger partial charge on any atom is 0.271 e. The molecule has 1 fully saturated rings. The molecule has 0 saturated carbocycles. The molecule has 112 valence electrons. The number of nitrogens with zero attached hydrogens (tertiary/aromatic N) is 3. The number of carbonyl (C=O) groups is 1. The molecular weight excluding hydrogens is 290 g/mol. The minimum Gasteiger partial charge on any atom is -0.381 e. The number of amides is 1. The fraction of sp³-hybridized carbons (Fsp3) is 0.500. The molecule has 0 bridgehead atoms. The van der Waals surface area contributed by atoms with Gasteiger partial charge in [-0.15, -0.1) is 11.3 Å². The van der Waals surface area contributed by atoms with E-state index in [9.17, 15) is 9.59 Å². The third kappa shape index (κ3) is 2.71. The van der Waals surface area contributed by atoms with Crippen LogP contribution in [0.2, 0.25) is 0 Å². The zero-order valence-electron chi connectivity index (χ0n) is 11.8. The van der Waals surface area contributed by atoms with Crippen molar-refractivity contribution in [2.75, 3.05) is 26.3 Å². The molecule has 1 aliphatic rings. The largest absolute Gasteiger partial charge is 0.381 e. The lowest BCUT2D eigenvalue weighted by Gasteiger charge is -2.23. The number of ether oxygens (including phenoxy) is 1. The lowest BCUT2D eigenvalue weighted by atomic mass is 10.1. The van der Waals surface area contributed by atoms with Crippen molar-refractivity contribution in [3.8, 4) is 0 Å². The molecule has 0 unspecified atom stereocenters. The maximum atomic E-state index is 12.6. The van der Waals surface area contributed by atoms with Crippen molar-refractivity contribution in [2.24, 2.45) is 5.92 Å². The topological polar surface area (TPSA) is 63.9 Å². The van der Waals surface area contributed by atoms with Crippen LogP contribution in [0.5, 0.6) is 0 Å². The van der Waals surface area contributed by atoms with E-state index in [0.717, 1.165) is 13.0 Å². The van der Waals surface area contributed by atoms with Crippen molar-refractivity contribution in [2.45, 2.75) is 13.3 Å². The molecule has 3 heterocycles. The van der Waals surface area contributed by atoms with E-state index in [2.05, 4.69) is 4.98 Å². The maximum absolute atomic E-state index is 12.6. The van der Waals surface area contributed by atoms with E-state index in [1.807, 2.05) is 6.92 Å². The predicted molar refractivity (Wildman–Crippen MR) is 79.8 cm³/mol. The molecule has 6 nitrogen and oxygen atoms in total. The van der Waals surface area contributed by atoms with Gasteiger partial charge in [0, 0.05) is 43.4 Å². The molecule has 0 aliphatic carbocycles. The van der Waals surface area contributed by atoms with Gasteiger partial charge in [-0.25, -0.2) is 4.98 Å². The lowest BCUT2D eigenvalue weighted by Crippen LogP contribution is -2.38. The normalized spacial score (nSPS) is 18.2. The Morgan fingerprint density at radius 3 is 3.19 bits per heavy atom. The van der Waals surface area contributed by atoms with Crippen LogP contribution in [0.1, 0.15) is 23.7 Å². The third-order valence-electron chi connectivity index (χ3n) is 3.74. The first-order valence-corrected chi connectivity index (χ1v) is 7.90. The van der Waals surface area contributed by atoms with Crippen LogP contribution in [-0.4, -0.2) is 46.5 Å². The molecule has 1 saturated heterocycles. The highest BCUT2D eigenvalue weighted by atomic mass is 32.1. The van der Waals surface area contributed by atoms with Crippen molar-refractivity contribution in [1.29, 1.82) is 0 Å². The van der Waals surface area contributed by atoms with Crippen LogP contribution in [0.15, 0.2) is 22.6 Å². The van der Waals surface area contributed by atoms with Crippen LogP contribution in [0.25, 0.3) is 4.96 Å². The van der Waals surface area contributed by atoms with Gasteiger partial charge in [0.1, 0.15) is 5.56 Å². The number of thiazole rings is 1. The number of hydrogen-bond acceptors (Lipinski definition) is 5. The number of aromatic nitrogens is 2. The molecule has 2 aromatic heterocycles. The Morgan fingerprint density at radius 1 is 1.62 bits per heavy atom. The van der Waals surface area contributed by atoms with Gasteiger partial charge in [0.25, 0.3) is 11.5 Å². The monoisotopic (exact) mass is 307 g/mol. The Bertz CT molecular complexity index is 703. The minimum atomic E-state index is -0.299. The Labute approximate surface area is 126 Å². The van der Waals surface area contributed by atoms with Gasteiger partial charge in [0.2, 0.25) is 0 Å². The third-order valence-corrected chi connectivity index (χ3v) is 4.52. The van der Waals surface area contributed by atoms with Crippen molar-refractivity contribution in [1.82, 2.24) is 14.3 Å². The summed E-state index contributed by atoms with van der Waals surface area (Å²) in [5.74, 6) is 0.108. The molecule has 0 aromatic carbocycles. The Hall–Kier alpha value is -1.73. The smallest absolute Gasteiger partial charge is 0.271 e. The van der Waals surface area contributed by atoms with Gasteiger partial charge in [0.15, 0.2) is 4.96 Å². The fourth-order valence-electron chi connectivity index (χ4n) is 2.54. The summed E-state index contributed by atoms with van der Waals surface area (Å²) in [5, 5.41) is 1.78. The van der Waals surface area contributed by atoms with Gasteiger partial charge in [-0.2, -0.15) is 0 Å². The first-order valence-electron chi connectivity index (χ1n) is 7.02. The molecule has 0 radical (unpaired) electrons. The zero-order valence-corrected chi connectivity index (χ0v) is 12.6. The summed E-state index contributed by atoms with van der Waals surface area (Å²) >= 11 is 1.37. The zero-order chi connectivity index (χ0) is 14.8. The average molecular weight is 307 g/mol.